The van der Waals surface area contributed by atoms with E-state index in [-0.39, 0.29) is 18.3 Å². The Kier molecular flexibility index (Phi) is 17.7. The van der Waals surface area contributed by atoms with E-state index in [2.05, 4.69) is 65.6 Å². The Morgan fingerprint density at radius 1 is 0.510 bits per heavy atom. The van der Waals surface area contributed by atoms with E-state index in [1.807, 2.05) is 92.7 Å². The van der Waals surface area contributed by atoms with Gasteiger partial charge in [0.15, 0.2) is 0 Å². The molecule has 3 atom stereocenters. The molecule has 0 saturated carbocycles. The largest absolute Gasteiger partial charge is 0.365 e. The number of thiophene rings is 3. The molecule has 0 saturated heterocycles. The molecule has 6 rings (SSSR count). The predicted octanol–water partition coefficient (Wildman–Crippen LogP) is 5.42. The first-order chi connectivity index (χ1) is 25.0. The average molecular weight is 754 g/mol. The van der Waals surface area contributed by atoms with Gasteiger partial charge in [0.05, 0.1) is 36.9 Å². The number of likely N-dealkylation sites (N-methyl/N-ethyl adjacent to an activating group) is 3. The van der Waals surface area contributed by atoms with Gasteiger partial charge in [0, 0.05) is 74.0 Å². The first-order valence-corrected chi connectivity index (χ1v) is 19.4. The lowest BCUT2D eigenvalue weighted by Crippen LogP contribution is -2.18. The van der Waals surface area contributed by atoms with Crippen molar-refractivity contribution in [2.24, 2.45) is 21.1 Å². The maximum Gasteiger partial charge on any atom is 0.133 e. The van der Waals surface area contributed by atoms with E-state index < -0.39 is 0 Å². The van der Waals surface area contributed by atoms with Gasteiger partial charge in [-0.25, -0.2) is 0 Å². The number of aryl methyl sites for hydroxylation is 3. The van der Waals surface area contributed by atoms with Gasteiger partial charge >= 0.3 is 0 Å². The number of hydrogen-bond donors (Lipinski definition) is 3. The van der Waals surface area contributed by atoms with Crippen LogP contribution < -0.4 is 16.0 Å². The van der Waals surface area contributed by atoms with E-state index in [1.165, 1.54) is 14.6 Å². The quantitative estimate of drug-likeness (QED) is 0.0990. The molecule has 0 spiro atoms. The smallest absolute Gasteiger partial charge is 0.133 e. The minimum atomic E-state index is -0.0177. The van der Waals surface area contributed by atoms with Gasteiger partial charge in [-0.15, -0.1) is 34.0 Å². The van der Waals surface area contributed by atoms with Gasteiger partial charge in [-0.2, -0.15) is 15.3 Å². The molecule has 51 heavy (non-hydrogen) atoms. The van der Waals surface area contributed by atoms with E-state index in [4.69, 9.17) is 14.2 Å². The first-order valence-electron chi connectivity index (χ1n) is 16.8. The van der Waals surface area contributed by atoms with E-state index in [9.17, 15) is 0 Å². The van der Waals surface area contributed by atoms with Crippen molar-refractivity contribution in [2.75, 3.05) is 60.6 Å². The number of aromatic nitrogens is 6. The number of hydrogen-bond acceptors (Lipinski definition) is 12. The van der Waals surface area contributed by atoms with Gasteiger partial charge in [0.1, 0.15) is 18.3 Å². The number of nitrogens with one attached hydrogen (secondary N) is 3. The summed E-state index contributed by atoms with van der Waals surface area (Å²) in [5.41, 5.74) is 3.26. The van der Waals surface area contributed by atoms with Gasteiger partial charge < -0.3 is 30.2 Å². The SMILES string of the molecule is CNCCOC(c1cccs1)c1ccnn1C.CNCCOC(c1cccs1)c1ccnn1C.CNCCOC(c1cccs1)c1ccnn1C. The highest BCUT2D eigenvalue weighted by Gasteiger charge is 2.21. The standard InChI is InChI=1S/3C12H17N3OS/c3*1-13-7-8-16-12(11-4-3-9-17-11)10-5-6-14-15(10)2/h3*3-6,9,12-13H,7-8H2,1-2H3. The minimum Gasteiger partial charge on any atom is -0.365 e. The Morgan fingerprint density at radius 3 is 1.00 bits per heavy atom. The van der Waals surface area contributed by atoms with Gasteiger partial charge in [-0.1, -0.05) is 18.2 Å². The summed E-state index contributed by atoms with van der Waals surface area (Å²) in [6.45, 7) is 4.60. The molecule has 6 heterocycles. The lowest BCUT2D eigenvalue weighted by molar-refractivity contribution is 0.0799. The fraction of sp³-hybridized carbons (Fsp3) is 0.417. The van der Waals surface area contributed by atoms with E-state index >= 15 is 0 Å². The summed E-state index contributed by atoms with van der Waals surface area (Å²) in [5.74, 6) is 0. The van der Waals surface area contributed by atoms with Crippen molar-refractivity contribution >= 4 is 34.0 Å². The summed E-state index contributed by atoms with van der Waals surface area (Å²) in [4.78, 5) is 3.64. The fourth-order valence-electron chi connectivity index (χ4n) is 5.02. The third-order valence-corrected chi connectivity index (χ3v) is 10.4. The van der Waals surface area contributed by atoms with Crippen LogP contribution in [0.1, 0.15) is 50.0 Å². The first kappa shape index (κ1) is 40.3. The lowest BCUT2D eigenvalue weighted by Gasteiger charge is -2.16. The molecule has 0 radical (unpaired) electrons. The molecule has 15 heteroatoms. The third-order valence-electron chi connectivity index (χ3n) is 7.70. The highest BCUT2D eigenvalue weighted by Crippen LogP contribution is 2.31. The van der Waals surface area contributed by atoms with Crippen LogP contribution in [-0.2, 0) is 35.4 Å². The number of rotatable bonds is 18. The van der Waals surface area contributed by atoms with Gasteiger partial charge in [0.25, 0.3) is 0 Å². The molecule has 3 unspecified atom stereocenters. The summed E-state index contributed by atoms with van der Waals surface area (Å²) in [6.07, 6.45) is 5.36. The monoisotopic (exact) mass is 753 g/mol. The lowest BCUT2D eigenvalue weighted by atomic mass is 10.2. The number of nitrogens with zero attached hydrogens (tertiary/aromatic N) is 6. The Labute approximate surface area is 313 Å². The van der Waals surface area contributed by atoms with Crippen LogP contribution in [0.25, 0.3) is 0 Å². The van der Waals surface area contributed by atoms with Crippen molar-refractivity contribution in [3.8, 4) is 0 Å². The van der Waals surface area contributed by atoms with Crippen molar-refractivity contribution in [2.45, 2.75) is 18.3 Å². The highest BCUT2D eigenvalue weighted by molar-refractivity contribution is 7.10. The van der Waals surface area contributed by atoms with Gasteiger partial charge in [0.2, 0.25) is 0 Å². The van der Waals surface area contributed by atoms with Crippen molar-refractivity contribution < 1.29 is 14.2 Å². The van der Waals surface area contributed by atoms with Crippen molar-refractivity contribution in [1.29, 1.82) is 0 Å². The second-order valence-electron chi connectivity index (χ2n) is 11.2. The summed E-state index contributed by atoms with van der Waals surface area (Å²) in [7, 11) is 11.6. The minimum absolute atomic E-state index is 0.0177. The molecule has 0 aliphatic rings. The van der Waals surface area contributed by atoms with Crippen LogP contribution >= 0.6 is 34.0 Å². The zero-order valence-corrected chi connectivity index (χ0v) is 32.7. The van der Waals surface area contributed by atoms with Crippen molar-refractivity contribution in [1.82, 2.24) is 45.3 Å². The molecule has 12 nitrogen and oxygen atoms in total. The van der Waals surface area contributed by atoms with E-state index in [0.717, 1.165) is 36.7 Å². The fourth-order valence-corrected chi connectivity index (χ4v) is 7.37. The average Bonchev–Trinajstić information content (AvgIpc) is 3.98. The Bertz CT molecular complexity index is 1520. The van der Waals surface area contributed by atoms with Crippen LogP contribution in [0.3, 0.4) is 0 Å². The molecular weight excluding hydrogens is 703 g/mol. The molecule has 276 valence electrons. The van der Waals surface area contributed by atoms with Crippen LogP contribution in [0.2, 0.25) is 0 Å². The topological polar surface area (TPSA) is 117 Å². The molecule has 0 aliphatic heterocycles. The molecule has 0 aliphatic carbocycles. The molecule has 0 bridgehead atoms. The van der Waals surface area contributed by atoms with Crippen LogP contribution in [0.5, 0.6) is 0 Å². The Morgan fingerprint density at radius 2 is 0.804 bits per heavy atom. The molecule has 3 N–H and O–H groups in total. The molecule has 0 amide bonds. The van der Waals surface area contributed by atoms with Crippen LogP contribution in [-0.4, -0.2) is 89.9 Å². The van der Waals surface area contributed by atoms with Crippen LogP contribution in [0, 0.1) is 0 Å². The maximum absolute atomic E-state index is 5.94. The van der Waals surface area contributed by atoms with Crippen molar-refractivity contribution in [3.63, 3.8) is 0 Å². The zero-order valence-electron chi connectivity index (χ0n) is 30.3. The van der Waals surface area contributed by atoms with Crippen LogP contribution in [0.15, 0.2) is 89.3 Å². The molecular formula is C36H51N9O3S3. The van der Waals surface area contributed by atoms with Crippen LogP contribution in [0.4, 0.5) is 0 Å². The summed E-state index contributed by atoms with van der Waals surface area (Å²) in [6, 6.07) is 18.4. The second kappa shape index (κ2) is 22.4. The van der Waals surface area contributed by atoms with E-state index in [0.29, 0.717) is 19.8 Å². The molecule has 0 aromatic carbocycles. The second-order valence-corrected chi connectivity index (χ2v) is 14.2. The predicted molar refractivity (Wildman–Crippen MR) is 208 cm³/mol. The maximum atomic E-state index is 5.94. The zero-order chi connectivity index (χ0) is 36.3. The summed E-state index contributed by atoms with van der Waals surface area (Å²) in [5, 5.41) is 28.1. The molecule has 6 aromatic heterocycles. The normalized spacial score (nSPS) is 12.8. The Hall–Kier alpha value is -3.51. The van der Waals surface area contributed by atoms with Gasteiger partial charge in [-0.3, -0.25) is 14.0 Å². The van der Waals surface area contributed by atoms with E-state index in [1.54, 1.807) is 52.6 Å². The number of ether oxygens (including phenoxy) is 3. The summed E-state index contributed by atoms with van der Waals surface area (Å²) < 4.78 is 23.4. The highest BCUT2D eigenvalue weighted by atomic mass is 32.1. The van der Waals surface area contributed by atoms with Gasteiger partial charge in [-0.05, 0) is 73.7 Å². The third kappa shape index (κ3) is 12.3. The summed E-state index contributed by atoms with van der Waals surface area (Å²) >= 11 is 5.13. The molecule has 6 aromatic rings. The van der Waals surface area contributed by atoms with Crippen molar-refractivity contribution in [3.05, 3.63) is 121 Å². The Balaban J connectivity index is 0.000000172. The molecule has 0 fully saturated rings.